The summed E-state index contributed by atoms with van der Waals surface area (Å²) in [5.41, 5.74) is 8.29. The SMILES string of the molecule is Cc1cc2onc(C3(CN)CCC3)c2o1. The van der Waals surface area contributed by atoms with E-state index in [1.807, 2.05) is 13.0 Å². The normalized spacial score (nSPS) is 19.3. The molecule has 2 aromatic heterocycles. The fraction of sp³-hybridized carbons (Fsp3) is 0.545. The Morgan fingerprint density at radius 3 is 2.93 bits per heavy atom. The highest BCUT2D eigenvalue weighted by Gasteiger charge is 2.42. The average molecular weight is 206 g/mol. The van der Waals surface area contributed by atoms with Gasteiger partial charge < -0.3 is 14.7 Å². The van der Waals surface area contributed by atoms with Crippen molar-refractivity contribution in [3.05, 3.63) is 17.5 Å². The zero-order valence-electron chi connectivity index (χ0n) is 8.75. The van der Waals surface area contributed by atoms with Crippen molar-refractivity contribution in [2.24, 2.45) is 5.73 Å². The first-order valence-electron chi connectivity index (χ1n) is 5.31. The van der Waals surface area contributed by atoms with Crippen LogP contribution in [0.5, 0.6) is 0 Å². The molecule has 0 aliphatic heterocycles. The van der Waals surface area contributed by atoms with Gasteiger partial charge in [0.05, 0.1) is 0 Å². The summed E-state index contributed by atoms with van der Waals surface area (Å²) in [5, 5.41) is 4.11. The molecule has 4 nitrogen and oxygen atoms in total. The molecule has 15 heavy (non-hydrogen) atoms. The molecule has 0 atom stereocenters. The zero-order valence-corrected chi connectivity index (χ0v) is 8.75. The Kier molecular flexibility index (Phi) is 1.71. The number of aryl methyl sites for hydroxylation is 1. The van der Waals surface area contributed by atoms with Crippen molar-refractivity contribution in [1.82, 2.24) is 5.16 Å². The first kappa shape index (κ1) is 8.97. The summed E-state index contributed by atoms with van der Waals surface area (Å²) < 4.78 is 10.9. The molecule has 0 amide bonds. The number of hydrogen-bond donors (Lipinski definition) is 1. The van der Waals surface area contributed by atoms with Crippen molar-refractivity contribution in [1.29, 1.82) is 0 Å². The van der Waals surface area contributed by atoms with Crippen molar-refractivity contribution in [2.45, 2.75) is 31.6 Å². The van der Waals surface area contributed by atoms with Gasteiger partial charge in [0.1, 0.15) is 11.5 Å². The summed E-state index contributed by atoms with van der Waals surface area (Å²) in [7, 11) is 0. The van der Waals surface area contributed by atoms with Gasteiger partial charge in [-0.1, -0.05) is 11.6 Å². The fourth-order valence-electron chi connectivity index (χ4n) is 2.34. The molecule has 1 saturated carbocycles. The van der Waals surface area contributed by atoms with Crippen LogP contribution in [0.25, 0.3) is 11.2 Å². The third-order valence-corrected chi connectivity index (χ3v) is 3.48. The van der Waals surface area contributed by atoms with E-state index in [-0.39, 0.29) is 5.41 Å². The molecule has 0 bridgehead atoms. The van der Waals surface area contributed by atoms with Crippen LogP contribution in [0.4, 0.5) is 0 Å². The standard InChI is InChI=1S/C11H14N2O2/c1-7-5-8-9(14-7)10(13-15-8)11(6-12)3-2-4-11/h5H,2-4,6,12H2,1H3. The third kappa shape index (κ3) is 1.08. The van der Waals surface area contributed by atoms with Gasteiger partial charge in [0, 0.05) is 18.0 Å². The number of furan rings is 1. The number of rotatable bonds is 2. The smallest absolute Gasteiger partial charge is 0.205 e. The summed E-state index contributed by atoms with van der Waals surface area (Å²) in [5.74, 6) is 0.860. The summed E-state index contributed by atoms with van der Waals surface area (Å²) in [6.45, 7) is 2.53. The summed E-state index contributed by atoms with van der Waals surface area (Å²) in [4.78, 5) is 0. The Balaban J connectivity index is 2.17. The van der Waals surface area contributed by atoms with Crippen LogP contribution in [0.15, 0.2) is 15.0 Å². The Bertz CT molecular complexity index is 488. The van der Waals surface area contributed by atoms with Crippen molar-refractivity contribution < 1.29 is 8.94 Å². The molecule has 2 N–H and O–H groups in total. The van der Waals surface area contributed by atoms with Gasteiger partial charge in [-0.25, -0.2) is 0 Å². The molecule has 0 aromatic carbocycles. The van der Waals surface area contributed by atoms with Gasteiger partial charge in [0.25, 0.3) is 0 Å². The van der Waals surface area contributed by atoms with Crippen LogP contribution in [-0.4, -0.2) is 11.7 Å². The highest BCUT2D eigenvalue weighted by atomic mass is 16.5. The predicted molar refractivity (Wildman–Crippen MR) is 55.6 cm³/mol. The Labute approximate surface area is 87.4 Å². The van der Waals surface area contributed by atoms with E-state index in [2.05, 4.69) is 5.16 Å². The monoisotopic (exact) mass is 206 g/mol. The van der Waals surface area contributed by atoms with Crippen LogP contribution in [-0.2, 0) is 5.41 Å². The molecule has 1 fully saturated rings. The molecule has 0 unspecified atom stereocenters. The molecule has 1 aliphatic carbocycles. The highest BCUT2D eigenvalue weighted by molar-refractivity contribution is 5.75. The Morgan fingerprint density at radius 1 is 1.53 bits per heavy atom. The van der Waals surface area contributed by atoms with Crippen LogP contribution >= 0.6 is 0 Å². The van der Waals surface area contributed by atoms with Gasteiger partial charge in [-0.2, -0.15) is 0 Å². The van der Waals surface area contributed by atoms with E-state index >= 15 is 0 Å². The Hall–Kier alpha value is -1.29. The molecule has 0 saturated heterocycles. The van der Waals surface area contributed by atoms with E-state index in [9.17, 15) is 0 Å². The van der Waals surface area contributed by atoms with E-state index in [0.717, 1.165) is 35.5 Å². The van der Waals surface area contributed by atoms with Gasteiger partial charge >= 0.3 is 0 Å². The molecular weight excluding hydrogens is 192 g/mol. The second kappa shape index (κ2) is 2.85. The van der Waals surface area contributed by atoms with Gasteiger partial charge in [0.15, 0.2) is 5.58 Å². The molecule has 1 aliphatic rings. The Morgan fingerprint density at radius 2 is 2.33 bits per heavy atom. The molecule has 0 radical (unpaired) electrons. The molecular formula is C11H14N2O2. The van der Waals surface area contributed by atoms with Crippen molar-refractivity contribution in [2.75, 3.05) is 6.54 Å². The molecule has 0 spiro atoms. The average Bonchev–Trinajstić information content (AvgIpc) is 2.65. The largest absolute Gasteiger partial charge is 0.456 e. The zero-order chi connectivity index (χ0) is 10.5. The molecule has 4 heteroatoms. The maximum absolute atomic E-state index is 5.83. The van der Waals surface area contributed by atoms with Crippen molar-refractivity contribution in [3.63, 3.8) is 0 Å². The first-order chi connectivity index (χ1) is 7.25. The predicted octanol–water partition coefficient (Wildman–Crippen LogP) is 2.11. The van der Waals surface area contributed by atoms with Crippen LogP contribution in [0, 0.1) is 6.92 Å². The first-order valence-corrected chi connectivity index (χ1v) is 5.31. The molecule has 3 rings (SSSR count). The molecule has 2 aromatic rings. The van der Waals surface area contributed by atoms with Crippen LogP contribution < -0.4 is 5.73 Å². The van der Waals surface area contributed by atoms with Crippen molar-refractivity contribution >= 4 is 11.2 Å². The maximum atomic E-state index is 5.83. The van der Waals surface area contributed by atoms with Gasteiger partial charge in [-0.15, -0.1) is 0 Å². The van der Waals surface area contributed by atoms with Crippen LogP contribution in [0.3, 0.4) is 0 Å². The van der Waals surface area contributed by atoms with E-state index in [1.165, 1.54) is 6.42 Å². The number of nitrogens with two attached hydrogens (primary N) is 1. The minimum Gasteiger partial charge on any atom is -0.456 e. The van der Waals surface area contributed by atoms with E-state index in [4.69, 9.17) is 14.7 Å². The lowest BCUT2D eigenvalue weighted by atomic mass is 9.66. The summed E-state index contributed by atoms with van der Waals surface area (Å²) in [6, 6.07) is 1.87. The lowest BCUT2D eigenvalue weighted by Gasteiger charge is -2.38. The summed E-state index contributed by atoms with van der Waals surface area (Å²) in [6.07, 6.45) is 3.39. The van der Waals surface area contributed by atoms with Gasteiger partial charge in [0.2, 0.25) is 5.58 Å². The number of fused-ring (bicyclic) bond motifs is 1. The fourth-order valence-corrected chi connectivity index (χ4v) is 2.34. The van der Waals surface area contributed by atoms with Crippen LogP contribution in [0.1, 0.15) is 30.7 Å². The molecule has 2 heterocycles. The van der Waals surface area contributed by atoms with E-state index in [1.54, 1.807) is 0 Å². The number of aromatic nitrogens is 1. The lowest BCUT2D eigenvalue weighted by Crippen LogP contribution is -2.41. The van der Waals surface area contributed by atoms with E-state index in [0.29, 0.717) is 6.54 Å². The number of nitrogens with zero attached hydrogens (tertiary/aromatic N) is 1. The minimum atomic E-state index is 0.00947. The van der Waals surface area contributed by atoms with Gasteiger partial charge in [-0.05, 0) is 19.8 Å². The van der Waals surface area contributed by atoms with E-state index < -0.39 is 0 Å². The topological polar surface area (TPSA) is 65.2 Å². The molecule has 80 valence electrons. The third-order valence-electron chi connectivity index (χ3n) is 3.48. The van der Waals surface area contributed by atoms with Crippen LogP contribution in [0.2, 0.25) is 0 Å². The maximum Gasteiger partial charge on any atom is 0.205 e. The second-order valence-electron chi connectivity index (χ2n) is 4.42. The minimum absolute atomic E-state index is 0.00947. The van der Waals surface area contributed by atoms with Crippen molar-refractivity contribution in [3.8, 4) is 0 Å². The quantitative estimate of drug-likeness (QED) is 0.817. The second-order valence-corrected chi connectivity index (χ2v) is 4.42. The van der Waals surface area contributed by atoms with Gasteiger partial charge in [-0.3, -0.25) is 0 Å². The lowest BCUT2D eigenvalue weighted by molar-refractivity contribution is 0.234. The number of hydrogen-bond acceptors (Lipinski definition) is 4. The summed E-state index contributed by atoms with van der Waals surface area (Å²) >= 11 is 0. The highest BCUT2D eigenvalue weighted by Crippen LogP contribution is 2.45.